The van der Waals surface area contributed by atoms with Crippen LogP contribution < -0.4 is 0 Å². The number of benzene rings is 2. The molecule has 3 rings (SSSR count). The van der Waals surface area contributed by atoms with E-state index in [4.69, 9.17) is 8.85 Å². The number of hydrogen-bond donors (Lipinski definition) is 0. The first kappa shape index (κ1) is 27.8. The molecule has 0 saturated carbocycles. The maximum Gasteiger partial charge on any atom is 0.254 e. The van der Waals surface area contributed by atoms with E-state index in [1.54, 1.807) is 0 Å². The van der Waals surface area contributed by atoms with Crippen molar-refractivity contribution in [2.75, 3.05) is 0 Å². The maximum atomic E-state index is 14.2. The highest BCUT2D eigenvalue weighted by Gasteiger charge is 2.56. The van der Waals surface area contributed by atoms with Crippen LogP contribution >= 0.6 is 0 Å². The summed E-state index contributed by atoms with van der Waals surface area (Å²) in [7, 11) is -4.44. The van der Waals surface area contributed by atoms with Gasteiger partial charge < -0.3 is 13.8 Å². The van der Waals surface area contributed by atoms with Gasteiger partial charge in [0.05, 0.1) is 6.04 Å². The van der Waals surface area contributed by atoms with Crippen molar-refractivity contribution in [2.45, 2.75) is 103 Å². The summed E-state index contributed by atoms with van der Waals surface area (Å²) in [5.41, 5.74) is 2.21. The van der Waals surface area contributed by atoms with Crippen LogP contribution in [0.15, 0.2) is 60.7 Å². The lowest BCUT2D eigenvalue weighted by Gasteiger charge is -2.43. The minimum Gasteiger partial charge on any atom is -0.408 e. The number of carbonyl (C=O) groups excluding carboxylic acids is 1. The van der Waals surface area contributed by atoms with Crippen LogP contribution in [0.4, 0.5) is 0 Å². The fourth-order valence-electron chi connectivity index (χ4n) is 4.02. The van der Waals surface area contributed by atoms with Crippen LogP contribution in [0.2, 0.25) is 36.3 Å². The van der Waals surface area contributed by atoms with Gasteiger partial charge in [-0.1, -0.05) is 102 Å². The summed E-state index contributed by atoms with van der Waals surface area (Å²) in [4.78, 5) is 16.2. The topological polar surface area (TPSA) is 38.8 Å². The van der Waals surface area contributed by atoms with E-state index in [0.717, 1.165) is 11.1 Å². The molecule has 6 heteroatoms. The molecule has 2 aromatic rings. The Balaban J connectivity index is 2.13. The van der Waals surface area contributed by atoms with Crippen LogP contribution in [-0.2, 0) is 20.2 Å². The van der Waals surface area contributed by atoms with Crippen molar-refractivity contribution in [3.05, 3.63) is 71.8 Å². The molecule has 0 bridgehead atoms. The fourth-order valence-corrected chi connectivity index (χ4v) is 6.52. The molecule has 1 heterocycles. The van der Waals surface area contributed by atoms with Crippen molar-refractivity contribution in [1.29, 1.82) is 0 Å². The predicted molar refractivity (Wildman–Crippen MR) is 150 cm³/mol. The molecule has 35 heavy (non-hydrogen) atoms. The Bertz CT molecular complexity index is 994. The summed E-state index contributed by atoms with van der Waals surface area (Å²) < 4.78 is 14.0. The van der Waals surface area contributed by atoms with Gasteiger partial charge in [-0.15, -0.1) is 0 Å². The monoisotopic (exact) mass is 511 g/mol. The number of likely N-dealkylation sites (tertiary alicyclic amines) is 1. The van der Waals surface area contributed by atoms with Crippen LogP contribution in [0.25, 0.3) is 0 Å². The van der Waals surface area contributed by atoms with Crippen molar-refractivity contribution < 1.29 is 13.6 Å². The van der Waals surface area contributed by atoms with Crippen molar-refractivity contribution in [1.82, 2.24) is 4.90 Å². The molecular formula is C29H45NO3Si2. The largest absolute Gasteiger partial charge is 0.408 e. The fraction of sp³-hybridized carbons (Fsp3) is 0.552. The van der Waals surface area contributed by atoms with Crippen molar-refractivity contribution in [3.8, 4) is 0 Å². The zero-order valence-electron chi connectivity index (χ0n) is 23.4. The molecule has 1 saturated heterocycles. The van der Waals surface area contributed by atoms with Crippen molar-refractivity contribution >= 4 is 22.5 Å². The molecule has 0 radical (unpaired) electrons. The Hall–Kier alpha value is -1.74. The third kappa shape index (κ3) is 5.99. The van der Waals surface area contributed by atoms with E-state index in [-0.39, 0.29) is 28.1 Å². The standard InChI is InChI=1S/C29H45NO3Si2/c1-28(2,3)34(7,8)32-25-24(23-19-15-12-16-20-23)30(21-22-17-13-11-14-18-22)27(31)26(25)33-35(9,10)29(4,5)6/h11-20,24-26H,21H2,1-10H3/t24-,25-,26+/m0/s1. The first-order valence-corrected chi connectivity index (χ1v) is 18.6. The molecule has 3 atom stereocenters. The molecule has 0 aromatic heterocycles. The lowest BCUT2D eigenvalue weighted by Crippen LogP contribution is -2.52. The SMILES string of the molecule is CC(C)(C)[Si](C)(C)O[C@@H]1[C@@H](O[Si](C)(C)C(C)(C)C)C(=O)N(Cc2ccccc2)[C@H]1c1ccccc1. The van der Waals surface area contributed by atoms with E-state index in [2.05, 4.69) is 92.0 Å². The van der Waals surface area contributed by atoms with Gasteiger partial charge in [0.2, 0.25) is 0 Å². The molecule has 4 nitrogen and oxygen atoms in total. The highest BCUT2D eigenvalue weighted by molar-refractivity contribution is 6.74. The minimum atomic E-state index is -2.24. The molecule has 192 valence electrons. The number of rotatable bonds is 7. The predicted octanol–water partition coefficient (Wildman–Crippen LogP) is 7.55. The van der Waals surface area contributed by atoms with Crippen LogP contribution in [0, 0.1) is 0 Å². The normalized spacial score (nSPS) is 22.1. The van der Waals surface area contributed by atoms with Gasteiger partial charge >= 0.3 is 0 Å². The van der Waals surface area contributed by atoms with Gasteiger partial charge in [0.1, 0.15) is 6.10 Å². The second-order valence-electron chi connectivity index (χ2n) is 12.9. The van der Waals surface area contributed by atoms with Gasteiger partial charge in [-0.3, -0.25) is 4.79 Å². The number of carbonyl (C=O) groups is 1. The van der Waals surface area contributed by atoms with E-state index in [9.17, 15) is 4.79 Å². The highest BCUT2D eigenvalue weighted by Crippen LogP contribution is 2.46. The molecule has 1 aliphatic heterocycles. The smallest absolute Gasteiger partial charge is 0.254 e. The zero-order valence-corrected chi connectivity index (χ0v) is 25.4. The Morgan fingerprint density at radius 3 is 1.69 bits per heavy atom. The van der Waals surface area contributed by atoms with Gasteiger partial charge in [-0.25, -0.2) is 0 Å². The lowest BCUT2D eigenvalue weighted by atomic mass is 10.0. The van der Waals surface area contributed by atoms with Crippen LogP contribution in [0.1, 0.15) is 58.7 Å². The Kier molecular flexibility index (Phi) is 7.93. The third-order valence-electron chi connectivity index (χ3n) is 8.27. The molecule has 2 aromatic carbocycles. The highest BCUT2D eigenvalue weighted by atomic mass is 28.4. The van der Waals surface area contributed by atoms with E-state index >= 15 is 0 Å². The van der Waals surface area contributed by atoms with Gasteiger partial charge in [0.15, 0.2) is 22.7 Å². The molecule has 1 fully saturated rings. The van der Waals surface area contributed by atoms with E-state index in [1.165, 1.54) is 0 Å². The maximum absolute atomic E-state index is 14.2. The number of amides is 1. The summed E-state index contributed by atoms with van der Waals surface area (Å²) >= 11 is 0. The van der Waals surface area contributed by atoms with E-state index in [1.807, 2.05) is 41.3 Å². The average Bonchev–Trinajstić information content (AvgIpc) is 2.98. The molecule has 1 aliphatic rings. The van der Waals surface area contributed by atoms with Crippen molar-refractivity contribution in [2.24, 2.45) is 0 Å². The van der Waals surface area contributed by atoms with E-state index in [0.29, 0.717) is 6.54 Å². The summed E-state index contributed by atoms with van der Waals surface area (Å²) in [6.07, 6.45) is -0.970. The van der Waals surface area contributed by atoms with Gasteiger partial charge in [0.25, 0.3) is 5.91 Å². The summed E-state index contributed by atoms with van der Waals surface area (Å²) in [6, 6.07) is 20.4. The van der Waals surface area contributed by atoms with Gasteiger partial charge in [-0.05, 0) is 47.4 Å². The summed E-state index contributed by atoms with van der Waals surface area (Å²) in [5.74, 6) is 0.0382. The molecule has 0 N–H and O–H groups in total. The Labute approximate surface area is 215 Å². The lowest BCUT2D eigenvalue weighted by molar-refractivity contribution is -0.135. The first-order valence-electron chi connectivity index (χ1n) is 12.8. The van der Waals surface area contributed by atoms with Crippen LogP contribution in [0.5, 0.6) is 0 Å². The summed E-state index contributed by atoms with van der Waals surface area (Å²) in [5, 5.41) is 0.00948. The number of hydrogen-bond acceptors (Lipinski definition) is 3. The first-order chi connectivity index (χ1) is 16.1. The molecule has 1 amide bonds. The molecule has 0 unspecified atom stereocenters. The van der Waals surface area contributed by atoms with Crippen molar-refractivity contribution in [3.63, 3.8) is 0 Å². The average molecular weight is 512 g/mol. The second-order valence-corrected chi connectivity index (χ2v) is 22.5. The quantitative estimate of drug-likeness (QED) is 0.360. The van der Waals surface area contributed by atoms with Gasteiger partial charge in [0, 0.05) is 6.54 Å². The Morgan fingerprint density at radius 2 is 1.20 bits per heavy atom. The van der Waals surface area contributed by atoms with E-state index < -0.39 is 22.7 Å². The van der Waals surface area contributed by atoms with Crippen LogP contribution in [0.3, 0.4) is 0 Å². The third-order valence-corrected chi connectivity index (χ3v) is 17.2. The summed E-state index contributed by atoms with van der Waals surface area (Å²) in [6.45, 7) is 22.9. The molecule has 0 aliphatic carbocycles. The van der Waals surface area contributed by atoms with Gasteiger partial charge in [-0.2, -0.15) is 0 Å². The zero-order chi connectivity index (χ0) is 26.2. The second kappa shape index (κ2) is 9.96. The number of nitrogens with zero attached hydrogens (tertiary/aromatic N) is 1. The molecule has 0 spiro atoms. The minimum absolute atomic E-state index is 0.0100. The molecular weight excluding hydrogens is 466 g/mol. The van der Waals surface area contributed by atoms with Crippen LogP contribution in [-0.4, -0.2) is 39.6 Å². The Morgan fingerprint density at radius 1 is 0.743 bits per heavy atom.